The van der Waals surface area contributed by atoms with E-state index in [4.69, 9.17) is 4.52 Å². The molecule has 1 aliphatic rings. The summed E-state index contributed by atoms with van der Waals surface area (Å²) >= 11 is 0. The number of carbonyl (C=O) groups is 1. The van der Waals surface area contributed by atoms with E-state index in [0.29, 0.717) is 0 Å². The zero-order valence-corrected chi connectivity index (χ0v) is 11.5. The summed E-state index contributed by atoms with van der Waals surface area (Å²) in [5, 5.41) is 6.53. The fourth-order valence-corrected chi connectivity index (χ4v) is 2.56. The third-order valence-corrected chi connectivity index (χ3v) is 3.67. The van der Waals surface area contributed by atoms with Crippen LogP contribution in [0.25, 0.3) is 11.5 Å². The van der Waals surface area contributed by atoms with Crippen LogP contribution in [0, 0.1) is 5.82 Å². The molecule has 3 rings (SSSR count). The van der Waals surface area contributed by atoms with Crippen LogP contribution in [0.3, 0.4) is 0 Å². The molecule has 1 aromatic heterocycles. The van der Waals surface area contributed by atoms with Gasteiger partial charge in [-0.1, -0.05) is 36.6 Å². The molecular weight excluding hydrogens is 273 g/mol. The van der Waals surface area contributed by atoms with Gasteiger partial charge in [-0.3, -0.25) is 4.79 Å². The van der Waals surface area contributed by atoms with Crippen molar-refractivity contribution < 1.29 is 13.7 Å². The lowest BCUT2D eigenvalue weighted by Crippen LogP contribution is -2.36. The Morgan fingerprint density at radius 3 is 2.76 bits per heavy atom. The molecule has 1 aliphatic carbocycles. The van der Waals surface area contributed by atoms with E-state index in [1.54, 1.807) is 12.1 Å². The van der Waals surface area contributed by atoms with Crippen molar-refractivity contribution in [2.24, 2.45) is 0 Å². The van der Waals surface area contributed by atoms with Crippen LogP contribution < -0.4 is 5.32 Å². The van der Waals surface area contributed by atoms with E-state index in [1.807, 2.05) is 0 Å². The molecule has 2 aromatic rings. The Morgan fingerprint density at radius 1 is 1.24 bits per heavy atom. The Morgan fingerprint density at radius 2 is 2.00 bits per heavy atom. The largest absolute Gasteiger partial charge is 0.346 e. The number of hydrogen-bond donors (Lipinski definition) is 1. The molecule has 1 N–H and O–H groups in total. The number of aromatic nitrogens is 2. The molecule has 6 heteroatoms. The van der Waals surface area contributed by atoms with Gasteiger partial charge in [0.15, 0.2) is 0 Å². The Balaban J connectivity index is 1.72. The third kappa shape index (κ3) is 3.09. The van der Waals surface area contributed by atoms with E-state index in [2.05, 4.69) is 15.5 Å². The number of carbonyl (C=O) groups excluding carboxylic acids is 1. The molecule has 21 heavy (non-hydrogen) atoms. The number of amides is 1. The van der Waals surface area contributed by atoms with Gasteiger partial charge in [0, 0.05) is 6.04 Å². The van der Waals surface area contributed by atoms with Crippen LogP contribution in [0.5, 0.6) is 0 Å². The Hall–Kier alpha value is -2.24. The van der Waals surface area contributed by atoms with E-state index in [9.17, 15) is 9.18 Å². The summed E-state index contributed by atoms with van der Waals surface area (Å²) in [6.45, 7) is 0. The summed E-state index contributed by atoms with van der Waals surface area (Å²) < 4.78 is 18.6. The molecule has 1 aromatic carbocycles. The number of benzene rings is 1. The first-order chi connectivity index (χ1) is 10.2. The van der Waals surface area contributed by atoms with Gasteiger partial charge in [-0.15, -0.1) is 0 Å². The van der Waals surface area contributed by atoms with Crippen molar-refractivity contribution in [2.75, 3.05) is 0 Å². The number of rotatable bonds is 3. The molecule has 0 atom stereocenters. The third-order valence-electron chi connectivity index (χ3n) is 3.67. The molecule has 0 aliphatic heterocycles. The second-order valence-corrected chi connectivity index (χ2v) is 5.21. The number of nitrogens with one attached hydrogen (secondary N) is 1. The van der Waals surface area contributed by atoms with E-state index in [0.717, 1.165) is 25.7 Å². The minimum atomic E-state index is -0.458. The lowest BCUT2D eigenvalue weighted by molar-refractivity contribution is 0.0914. The van der Waals surface area contributed by atoms with Crippen LogP contribution in [-0.2, 0) is 0 Å². The molecule has 5 nitrogen and oxygen atoms in total. The maximum absolute atomic E-state index is 13.6. The fourth-order valence-electron chi connectivity index (χ4n) is 2.56. The summed E-state index contributed by atoms with van der Waals surface area (Å²) in [5.41, 5.74) is 0.196. The van der Waals surface area contributed by atoms with Gasteiger partial charge < -0.3 is 9.84 Å². The average Bonchev–Trinajstić information content (AvgIpc) is 2.98. The van der Waals surface area contributed by atoms with E-state index < -0.39 is 5.82 Å². The summed E-state index contributed by atoms with van der Waals surface area (Å²) in [6.07, 6.45) is 5.41. The van der Waals surface area contributed by atoms with Crippen molar-refractivity contribution in [3.8, 4) is 11.5 Å². The minimum absolute atomic E-state index is 0.0156. The molecule has 1 amide bonds. The number of hydrogen-bond acceptors (Lipinski definition) is 4. The van der Waals surface area contributed by atoms with Crippen molar-refractivity contribution in [3.05, 3.63) is 35.9 Å². The van der Waals surface area contributed by atoms with Crippen LogP contribution in [0.2, 0.25) is 0 Å². The number of nitrogens with zero attached hydrogens (tertiary/aromatic N) is 2. The van der Waals surface area contributed by atoms with Crippen LogP contribution >= 0.6 is 0 Å². The van der Waals surface area contributed by atoms with Crippen molar-refractivity contribution in [1.29, 1.82) is 0 Å². The van der Waals surface area contributed by atoms with E-state index in [-0.39, 0.29) is 29.2 Å². The molecule has 0 bridgehead atoms. The molecule has 1 fully saturated rings. The standard InChI is InChI=1S/C15H16FN3O2/c16-12-9-5-4-8-11(12)15-18-13(19-21-15)14(20)17-10-6-2-1-3-7-10/h4-5,8-10H,1-3,6-7H2,(H,17,20). The predicted octanol–water partition coefficient (Wildman–Crippen LogP) is 2.94. The minimum Gasteiger partial charge on any atom is -0.346 e. The maximum Gasteiger partial charge on any atom is 0.292 e. The first kappa shape index (κ1) is 13.7. The van der Waals surface area contributed by atoms with E-state index >= 15 is 0 Å². The smallest absolute Gasteiger partial charge is 0.292 e. The van der Waals surface area contributed by atoms with Gasteiger partial charge in [-0.05, 0) is 25.0 Å². The van der Waals surface area contributed by atoms with Crippen LogP contribution in [-0.4, -0.2) is 22.1 Å². The predicted molar refractivity (Wildman–Crippen MR) is 74.0 cm³/mol. The summed E-state index contributed by atoms with van der Waals surface area (Å²) in [5.74, 6) is -0.866. The lowest BCUT2D eigenvalue weighted by Gasteiger charge is -2.21. The first-order valence-electron chi connectivity index (χ1n) is 7.13. The maximum atomic E-state index is 13.6. The molecule has 1 saturated carbocycles. The molecule has 0 spiro atoms. The molecule has 0 saturated heterocycles. The second-order valence-electron chi connectivity index (χ2n) is 5.21. The SMILES string of the molecule is O=C(NC1CCCCC1)c1noc(-c2ccccc2F)n1. The van der Waals surface area contributed by atoms with Gasteiger partial charge in [0.2, 0.25) is 0 Å². The number of halogens is 1. The second kappa shape index (κ2) is 6.03. The molecular formula is C15H16FN3O2. The highest BCUT2D eigenvalue weighted by Crippen LogP contribution is 2.21. The topological polar surface area (TPSA) is 68.0 Å². The van der Waals surface area contributed by atoms with Gasteiger partial charge in [-0.25, -0.2) is 4.39 Å². The first-order valence-corrected chi connectivity index (χ1v) is 7.13. The Kier molecular flexibility index (Phi) is 3.94. The monoisotopic (exact) mass is 289 g/mol. The van der Waals surface area contributed by atoms with Crippen LogP contribution in [0.4, 0.5) is 4.39 Å². The van der Waals surface area contributed by atoms with Gasteiger partial charge in [-0.2, -0.15) is 4.98 Å². The molecule has 1 heterocycles. The Labute approximate surface area is 121 Å². The van der Waals surface area contributed by atoms with Crippen LogP contribution in [0.1, 0.15) is 42.7 Å². The summed E-state index contributed by atoms with van der Waals surface area (Å²) in [7, 11) is 0. The molecule has 110 valence electrons. The lowest BCUT2D eigenvalue weighted by atomic mass is 9.95. The van der Waals surface area contributed by atoms with Gasteiger partial charge >= 0.3 is 0 Å². The average molecular weight is 289 g/mol. The van der Waals surface area contributed by atoms with Gasteiger partial charge in [0.05, 0.1) is 5.56 Å². The zero-order chi connectivity index (χ0) is 14.7. The zero-order valence-electron chi connectivity index (χ0n) is 11.5. The van der Waals surface area contributed by atoms with Crippen molar-refractivity contribution in [3.63, 3.8) is 0 Å². The highest BCUT2D eigenvalue weighted by molar-refractivity contribution is 5.90. The quantitative estimate of drug-likeness (QED) is 0.943. The van der Waals surface area contributed by atoms with Crippen molar-refractivity contribution >= 4 is 5.91 Å². The fraction of sp³-hybridized carbons (Fsp3) is 0.400. The van der Waals surface area contributed by atoms with Crippen molar-refractivity contribution in [2.45, 2.75) is 38.1 Å². The molecule has 0 radical (unpaired) electrons. The summed E-state index contributed by atoms with van der Waals surface area (Å²) in [4.78, 5) is 16.0. The van der Waals surface area contributed by atoms with Crippen molar-refractivity contribution in [1.82, 2.24) is 15.5 Å². The van der Waals surface area contributed by atoms with E-state index in [1.165, 1.54) is 18.6 Å². The molecule has 0 unspecified atom stereocenters. The highest BCUT2D eigenvalue weighted by atomic mass is 19.1. The summed E-state index contributed by atoms with van der Waals surface area (Å²) in [6, 6.07) is 6.25. The van der Waals surface area contributed by atoms with Gasteiger partial charge in [0.25, 0.3) is 17.6 Å². The van der Waals surface area contributed by atoms with Gasteiger partial charge in [0.1, 0.15) is 5.82 Å². The highest BCUT2D eigenvalue weighted by Gasteiger charge is 2.21. The normalized spacial score (nSPS) is 15.9. The van der Waals surface area contributed by atoms with Crippen LogP contribution in [0.15, 0.2) is 28.8 Å². The Bertz CT molecular complexity index is 635.